The third kappa shape index (κ3) is 3.83. The number of rotatable bonds is 4. The molecule has 3 aromatic carbocycles. The maximum Gasteiger partial charge on any atom is 0.239 e. The molecule has 0 heterocycles. The topological polar surface area (TPSA) is 77.2 Å². The maximum absolute atomic E-state index is 13.0. The molecule has 2 N–H and O–H groups in total. The van der Waals surface area contributed by atoms with Gasteiger partial charge in [-0.25, -0.2) is 17.9 Å². The van der Waals surface area contributed by atoms with Gasteiger partial charge in [0, 0.05) is 11.1 Å². The zero-order valence-corrected chi connectivity index (χ0v) is 14.9. The lowest BCUT2D eigenvalue weighted by Crippen LogP contribution is -2.14. The second-order valence-electron chi connectivity index (χ2n) is 5.60. The number of hydrogen-bond donors (Lipinski definition) is 1. The van der Waals surface area contributed by atoms with Gasteiger partial charge in [-0.2, -0.15) is 0 Å². The summed E-state index contributed by atoms with van der Waals surface area (Å²) in [5.74, 6) is -0.689. The van der Waals surface area contributed by atoms with Crippen LogP contribution in [-0.2, 0) is 10.0 Å². The highest BCUT2D eigenvalue weighted by Gasteiger charge is 2.17. The number of carbonyl (C=O) groups excluding carboxylic acids is 1. The lowest BCUT2D eigenvalue weighted by Gasteiger charge is -2.07. The first kappa shape index (κ1) is 18.3. The molecule has 0 aliphatic rings. The van der Waals surface area contributed by atoms with Crippen molar-refractivity contribution in [1.82, 2.24) is 0 Å². The third-order valence-electron chi connectivity index (χ3n) is 3.82. The second-order valence-corrected chi connectivity index (χ2v) is 7.54. The molecule has 0 saturated heterocycles. The fourth-order valence-corrected chi connectivity index (χ4v) is 3.56. The molecule has 0 spiro atoms. The van der Waals surface area contributed by atoms with E-state index in [-0.39, 0.29) is 27.1 Å². The normalized spacial score (nSPS) is 11.3. The molecule has 7 heteroatoms. The lowest BCUT2D eigenvalue weighted by molar-refractivity contribution is 0.103. The summed E-state index contributed by atoms with van der Waals surface area (Å²) >= 11 is 5.83. The van der Waals surface area contributed by atoms with Gasteiger partial charge in [-0.1, -0.05) is 48.0 Å². The lowest BCUT2D eigenvalue weighted by atomic mass is 9.99. The van der Waals surface area contributed by atoms with Gasteiger partial charge in [0.1, 0.15) is 10.7 Å². The molecule has 26 heavy (non-hydrogen) atoms. The Morgan fingerprint density at radius 3 is 1.88 bits per heavy atom. The Kier molecular flexibility index (Phi) is 4.91. The van der Waals surface area contributed by atoms with Crippen molar-refractivity contribution in [2.75, 3.05) is 0 Å². The zero-order valence-electron chi connectivity index (χ0n) is 13.3. The van der Waals surface area contributed by atoms with E-state index in [9.17, 15) is 17.6 Å². The van der Waals surface area contributed by atoms with Gasteiger partial charge in [0.2, 0.25) is 10.0 Å². The average Bonchev–Trinajstić information content (AvgIpc) is 2.61. The van der Waals surface area contributed by atoms with Gasteiger partial charge < -0.3 is 0 Å². The molecular formula is C19H13ClFNO3S. The van der Waals surface area contributed by atoms with E-state index < -0.39 is 10.0 Å². The van der Waals surface area contributed by atoms with E-state index in [1.807, 2.05) is 0 Å². The summed E-state index contributed by atoms with van der Waals surface area (Å²) in [7, 11) is -4.03. The van der Waals surface area contributed by atoms with E-state index in [1.54, 1.807) is 36.4 Å². The van der Waals surface area contributed by atoms with Crippen molar-refractivity contribution in [3.05, 3.63) is 88.7 Å². The quantitative estimate of drug-likeness (QED) is 0.684. The zero-order chi connectivity index (χ0) is 18.9. The van der Waals surface area contributed by atoms with Crippen LogP contribution in [0.3, 0.4) is 0 Å². The Morgan fingerprint density at radius 1 is 0.846 bits per heavy atom. The monoisotopic (exact) mass is 389 g/mol. The average molecular weight is 390 g/mol. The fraction of sp³-hybridized carbons (Fsp3) is 0. The van der Waals surface area contributed by atoms with E-state index in [2.05, 4.69) is 0 Å². The van der Waals surface area contributed by atoms with Gasteiger partial charge in [-0.05, 0) is 41.5 Å². The van der Waals surface area contributed by atoms with E-state index in [1.165, 1.54) is 24.3 Å². The number of ketones is 1. The Labute approximate surface area is 155 Å². The minimum Gasteiger partial charge on any atom is -0.289 e. The van der Waals surface area contributed by atoms with Crippen LogP contribution in [0.15, 0.2) is 71.6 Å². The molecule has 0 unspecified atom stereocenters. The number of primary sulfonamides is 1. The molecule has 0 radical (unpaired) electrons. The molecule has 3 aromatic rings. The molecule has 0 aliphatic carbocycles. The minimum absolute atomic E-state index is 0.0456. The fourth-order valence-electron chi connectivity index (χ4n) is 2.49. The number of nitrogens with two attached hydrogens (primary N) is 1. The van der Waals surface area contributed by atoms with E-state index in [0.29, 0.717) is 5.56 Å². The van der Waals surface area contributed by atoms with Crippen LogP contribution in [0, 0.1) is 5.82 Å². The molecule has 0 saturated carbocycles. The van der Waals surface area contributed by atoms with Crippen molar-refractivity contribution in [2.45, 2.75) is 4.90 Å². The van der Waals surface area contributed by atoms with Gasteiger partial charge in [0.25, 0.3) is 0 Å². The van der Waals surface area contributed by atoms with Crippen molar-refractivity contribution < 1.29 is 17.6 Å². The molecule has 0 bridgehead atoms. The number of hydrogen-bond acceptors (Lipinski definition) is 3. The van der Waals surface area contributed by atoms with Crippen LogP contribution in [0.5, 0.6) is 0 Å². The summed E-state index contributed by atoms with van der Waals surface area (Å²) < 4.78 is 36.1. The summed E-state index contributed by atoms with van der Waals surface area (Å²) in [6.07, 6.45) is 0. The molecule has 3 rings (SSSR count). The largest absolute Gasteiger partial charge is 0.289 e. The van der Waals surface area contributed by atoms with Crippen LogP contribution in [-0.4, -0.2) is 14.2 Å². The Bertz CT molecular complexity index is 1080. The van der Waals surface area contributed by atoms with Gasteiger partial charge >= 0.3 is 0 Å². The van der Waals surface area contributed by atoms with Crippen LogP contribution in [0.2, 0.25) is 5.02 Å². The second kappa shape index (κ2) is 6.99. The minimum atomic E-state index is -4.03. The Balaban J connectivity index is 1.92. The van der Waals surface area contributed by atoms with Gasteiger partial charge in [-0.3, -0.25) is 4.79 Å². The molecular weight excluding hydrogens is 377 g/mol. The molecule has 0 atom stereocenters. The predicted octanol–water partition coefficient (Wildman–Crippen LogP) is 4.02. The van der Waals surface area contributed by atoms with E-state index in [0.717, 1.165) is 17.2 Å². The smallest absolute Gasteiger partial charge is 0.239 e. The van der Waals surface area contributed by atoms with Crippen LogP contribution in [0.1, 0.15) is 15.9 Å². The standard InChI is InChI=1S/C19H13ClFNO3S/c20-17-10-7-15(11-18(17)26(22,24)25)19(23)14-3-1-12(2-4-14)13-5-8-16(21)9-6-13/h1-11H,(H2,22,24,25). The van der Waals surface area contributed by atoms with Crippen LogP contribution < -0.4 is 5.14 Å². The summed E-state index contributed by atoms with van der Waals surface area (Å²) in [5.41, 5.74) is 2.17. The maximum atomic E-state index is 13.0. The van der Waals surface area contributed by atoms with E-state index in [4.69, 9.17) is 16.7 Å². The molecule has 0 fully saturated rings. The van der Waals surface area contributed by atoms with Crippen LogP contribution >= 0.6 is 11.6 Å². The first-order valence-corrected chi connectivity index (χ1v) is 9.41. The molecule has 4 nitrogen and oxygen atoms in total. The van der Waals surface area contributed by atoms with Gasteiger partial charge in [-0.15, -0.1) is 0 Å². The number of halogens is 2. The third-order valence-corrected chi connectivity index (χ3v) is 5.22. The first-order valence-electron chi connectivity index (χ1n) is 7.49. The highest BCUT2D eigenvalue weighted by atomic mass is 35.5. The Morgan fingerprint density at radius 2 is 1.35 bits per heavy atom. The predicted molar refractivity (Wildman–Crippen MR) is 98.1 cm³/mol. The summed E-state index contributed by atoms with van der Waals surface area (Å²) in [5, 5.41) is 5.06. The molecule has 0 aromatic heterocycles. The van der Waals surface area contributed by atoms with E-state index >= 15 is 0 Å². The van der Waals surface area contributed by atoms with Crippen molar-refractivity contribution in [3.8, 4) is 11.1 Å². The number of carbonyl (C=O) groups is 1. The van der Waals surface area contributed by atoms with Crippen LogP contribution in [0.25, 0.3) is 11.1 Å². The molecule has 0 amide bonds. The van der Waals surface area contributed by atoms with Crippen molar-refractivity contribution in [1.29, 1.82) is 0 Å². The van der Waals surface area contributed by atoms with Crippen molar-refractivity contribution in [2.24, 2.45) is 5.14 Å². The summed E-state index contributed by atoms with van der Waals surface area (Å²) in [4.78, 5) is 12.3. The molecule has 0 aliphatic heterocycles. The van der Waals surface area contributed by atoms with Crippen molar-refractivity contribution in [3.63, 3.8) is 0 Å². The van der Waals surface area contributed by atoms with Gasteiger partial charge in [0.15, 0.2) is 5.78 Å². The Hall–Kier alpha value is -2.54. The van der Waals surface area contributed by atoms with Gasteiger partial charge in [0.05, 0.1) is 5.02 Å². The van der Waals surface area contributed by atoms with Crippen LogP contribution in [0.4, 0.5) is 4.39 Å². The number of benzene rings is 3. The SMILES string of the molecule is NS(=O)(=O)c1cc(C(=O)c2ccc(-c3ccc(F)cc3)cc2)ccc1Cl. The summed E-state index contributed by atoms with van der Waals surface area (Å²) in [6.45, 7) is 0. The highest BCUT2D eigenvalue weighted by molar-refractivity contribution is 7.89. The number of sulfonamides is 1. The highest BCUT2D eigenvalue weighted by Crippen LogP contribution is 2.24. The first-order chi connectivity index (χ1) is 12.3. The van der Waals surface area contributed by atoms with Crippen molar-refractivity contribution >= 4 is 27.4 Å². The molecule has 132 valence electrons. The summed E-state index contributed by atoms with van der Waals surface area (Å²) in [6, 6.07) is 16.6.